The van der Waals surface area contributed by atoms with Crippen molar-refractivity contribution in [2.75, 3.05) is 0 Å². The van der Waals surface area contributed by atoms with Crippen molar-refractivity contribution in [3.8, 4) is 11.1 Å². The molecule has 20 heavy (non-hydrogen) atoms. The van der Waals surface area contributed by atoms with Crippen LogP contribution >= 0.6 is 11.6 Å². The molecule has 0 radical (unpaired) electrons. The number of halogens is 1. The van der Waals surface area contributed by atoms with Crippen LogP contribution in [-0.2, 0) is 11.2 Å². The maximum Gasteiger partial charge on any atom is 0.405 e. The van der Waals surface area contributed by atoms with E-state index in [0.29, 0.717) is 0 Å². The highest BCUT2D eigenvalue weighted by atomic mass is 35.5. The summed E-state index contributed by atoms with van der Waals surface area (Å²) < 4.78 is 5.12. The third-order valence-electron chi connectivity index (χ3n) is 3.58. The average molecular weight is 288 g/mol. The summed E-state index contributed by atoms with van der Waals surface area (Å²) in [7, 11) is 0. The minimum absolute atomic E-state index is 0.212. The summed E-state index contributed by atoms with van der Waals surface area (Å²) >= 11 is 6.02. The van der Waals surface area contributed by atoms with Gasteiger partial charge < -0.3 is 10.5 Å². The molecule has 1 amide bonds. The van der Waals surface area contributed by atoms with Gasteiger partial charge in [0.05, 0.1) is 0 Å². The largest absolute Gasteiger partial charge is 0.441 e. The molecule has 0 bridgehead atoms. The van der Waals surface area contributed by atoms with Crippen molar-refractivity contribution < 1.29 is 9.53 Å². The maximum atomic E-state index is 10.9. The topological polar surface area (TPSA) is 52.3 Å². The molecule has 1 aliphatic carbocycles. The summed E-state index contributed by atoms with van der Waals surface area (Å²) in [6.45, 7) is 0. The molecular weight excluding hydrogens is 274 g/mol. The van der Waals surface area contributed by atoms with E-state index in [4.69, 9.17) is 22.1 Å². The van der Waals surface area contributed by atoms with E-state index in [1.54, 1.807) is 0 Å². The highest BCUT2D eigenvalue weighted by Crippen LogP contribution is 2.36. The molecule has 4 heteroatoms. The van der Waals surface area contributed by atoms with Crippen molar-refractivity contribution >= 4 is 17.7 Å². The lowest BCUT2D eigenvalue weighted by molar-refractivity contribution is 0.107. The summed E-state index contributed by atoms with van der Waals surface area (Å²) in [4.78, 5) is 10.9. The molecular formula is C16H14ClNO2. The van der Waals surface area contributed by atoms with Crippen LogP contribution in [0.5, 0.6) is 0 Å². The van der Waals surface area contributed by atoms with Crippen LogP contribution in [0, 0.1) is 0 Å². The fraction of sp³-hybridized carbons (Fsp3) is 0.188. The molecule has 0 heterocycles. The number of nitrogens with two attached hydrogens (primary N) is 1. The number of amides is 1. The number of hydrogen-bond acceptors (Lipinski definition) is 2. The van der Waals surface area contributed by atoms with E-state index in [1.165, 1.54) is 5.56 Å². The zero-order valence-electron chi connectivity index (χ0n) is 10.8. The van der Waals surface area contributed by atoms with E-state index >= 15 is 0 Å². The fourth-order valence-electron chi connectivity index (χ4n) is 2.69. The number of fused-ring (bicyclic) bond motifs is 1. The Balaban J connectivity index is 1.93. The Labute approximate surface area is 122 Å². The Bertz CT molecular complexity index is 669. The summed E-state index contributed by atoms with van der Waals surface area (Å²) in [5, 5.41) is 0.720. The van der Waals surface area contributed by atoms with Gasteiger partial charge in [-0.1, -0.05) is 41.9 Å². The summed E-state index contributed by atoms with van der Waals surface area (Å²) in [6.07, 6.45) is 0.747. The van der Waals surface area contributed by atoms with Crippen LogP contribution in [0.2, 0.25) is 5.02 Å². The summed E-state index contributed by atoms with van der Waals surface area (Å²) in [6, 6.07) is 13.9. The Morgan fingerprint density at radius 1 is 1.20 bits per heavy atom. The lowest BCUT2D eigenvalue weighted by Crippen LogP contribution is -2.15. The lowest BCUT2D eigenvalue weighted by Gasteiger charge is -2.12. The van der Waals surface area contributed by atoms with Gasteiger partial charge in [0.1, 0.15) is 6.10 Å². The molecule has 1 atom stereocenters. The van der Waals surface area contributed by atoms with E-state index in [9.17, 15) is 4.79 Å². The molecule has 0 saturated carbocycles. The predicted molar refractivity (Wildman–Crippen MR) is 78.6 cm³/mol. The Kier molecular flexibility index (Phi) is 3.36. The predicted octanol–water partition coefficient (Wildman–Crippen LogP) is 4.09. The standard InChI is InChI=1S/C16H14ClNO2/c17-13-3-1-2-10(9-13)11-4-6-14-12(8-11)5-7-15(14)20-16(18)19/h1-4,6,8-9,15H,5,7H2,(H2,18,19). The third kappa shape index (κ3) is 2.49. The molecule has 0 fully saturated rings. The molecule has 0 spiro atoms. The molecule has 1 unspecified atom stereocenters. The third-order valence-corrected chi connectivity index (χ3v) is 3.82. The van der Waals surface area contributed by atoms with Crippen molar-refractivity contribution in [1.82, 2.24) is 0 Å². The molecule has 2 aromatic carbocycles. The van der Waals surface area contributed by atoms with Crippen LogP contribution < -0.4 is 5.73 Å². The zero-order chi connectivity index (χ0) is 14.1. The SMILES string of the molecule is NC(=O)OC1CCc2cc(-c3cccc(Cl)c3)ccc21. The first-order chi connectivity index (χ1) is 9.63. The van der Waals surface area contributed by atoms with Crippen LogP contribution in [-0.4, -0.2) is 6.09 Å². The molecule has 0 aromatic heterocycles. The second kappa shape index (κ2) is 5.17. The van der Waals surface area contributed by atoms with Crippen LogP contribution in [0.25, 0.3) is 11.1 Å². The van der Waals surface area contributed by atoms with Crippen LogP contribution in [0.1, 0.15) is 23.7 Å². The number of benzene rings is 2. The van der Waals surface area contributed by atoms with Crippen LogP contribution in [0.4, 0.5) is 4.79 Å². The van der Waals surface area contributed by atoms with Gasteiger partial charge in [0.15, 0.2) is 0 Å². The number of carbonyl (C=O) groups is 1. The molecule has 2 N–H and O–H groups in total. The number of rotatable bonds is 2. The van der Waals surface area contributed by atoms with Crippen molar-refractivity contribution in [2.24, 2.45) is 5.73 Å². The monoisotopic (exact) mass is 287 g/mol. The average Bonchev–Trinajstić information content (AvgIpc) is 2.80. The van der Waals surface area contributed by atoms with E-state index in [2.05, 4.69) is 6.07 Å². The zero-order valence-corrected chi connectivity index (χ0v) is 11.6. The van der Waals surface area contributed by atoms with Crippen molar-refractivity contribution in [2.45, 2.75) is 18.9 Å². The second-order valence-electron chi connectivity index (χ2n) is 4.89. The Morgan fingerprint density at radius 3 is 2.75 bits per heavy atom. The van der Waals surface area contributed by atoms with Gasteiger partial charge in [-0.25, -0.2) is 4.79 Å². The quantitative estimate of drug-likeness (QED) is 0.904. The fourth-order valence-corrected chi connectivity index (χ4v) is 2.88. The van der Waals surface area contributed by atoms with Gasteiger partial charge in [-0.3, -0.25) is 0 Å². The van der Waals surface area contributed by atoms with Gasteiger partial charge in [0, 0.05) is 5.02 Å². The summed E-state index contributed by atoms with van der Waals surface area (Å²) in [5.74, 6) is 0. The normalized spacial score (nSPS) is 16.8. The Hall–Kier alpha value is -2.00. The van der Waals surface area contributed by atoms with Gasteiger partial charge in [-0.15, -0.1) is 0 Å². The first-order valence-electron chi connectivity index (χ1n) is 6.48. The number of ether oxygens (including phenoxy) is 1. The highest BCUT2D eigenvalue weighted by molar-refractivity contribution is 6.30. The molecule has 0 aliphatic heterocycles. The summed E-state index contributed by atoms with van der Waals surface area (Å²) in [5.41, 5.74) is 9.54. The molecule has 0 saturated heterocycles. The molecule has 2 aromatic rings. The first-order valence-corrected chi connectivity index (χ1v) is 6.86. The first kappa shape index (κ1) is 13.0. The maximum absolute atomic E-state index is 10.9. The molecule has 102 valence electrons. The Morgan fingerprint density at radius 2 is 2.00 bits per heavy atom. The number of aryl methyl sites for hydroxylation is 1. The van der Waals surface area contributed by atoms with E-state index in [0.717, 1.165) is 34.6 Å². The van der Waals surface area contributed by atoms with E-state index in [1.807, 2.05) is 36.4 Å². The highest BCUT2D eigenvalue weighted by Gasteiger charge is 2.25. The van der Waals surface area contributed by atoms with Crippen molar-refractivity contribution in [3.63, 3.8) is 0 Å². The number of carbonyl (C=O) groups excluding carboxylic acids is 1. The second-order valence-corrected chi connectivity index (χ2v) is 5.32. The molecule has 3 rings (SSSR count). The number of hydrogen-bond donors (Lipinski definition) is 1. The van der Waals surface area contributed by atoms with Crippen molar-refractivity contribution in [3.05, 3.63) is 58.6 Å². The van der Waals surface area contributed by atoms with Gasteiger partial charge in [0.2, 0.25) is 0 Å². The van der Waals surface area contributed by atoms with Crippen LogP contribution in [0.3, 0.4) is 0 Å². The van der Waals surface area contributed by atoms with Gasteiger partial charge >= 0.3 is 6.09 Å². The minimum Gasteiger partial charge on any atom is -0.441 e. The molecule has 1 aliphatic rings. The van der Waals surface area contributed by atoms with Crippen LogP contribution in [0.15, 0.2) is 42.5 Å². The van der Waals surface area contributed by atoms with Gasteiger partial charge in [-0.05, 0) is 47.2 Å². The van der Waals surface area contributed by atoms with E-state index in [-0.39, 0.29) is 6.10 Å². The smallest absolute Gasteiger partial charge is 0.405 e. The van der Waals surface area contributed by atoms with Gasteiger partial charge in [-0.2, -0.15) is 0 Å². The van der Waals surface area contributed by atoms with E-state index < -0.39 is 6.09 Å². The van der Waals surface area contributed by atoms with Crippen molar-refractivity contribution in [1.29, 1.82) is 0 Å². The number of primary amides is 1. The molecule has 3 nitrogen and oxygen atoms in total. The lowest BCUT2D eigenvalue weighted by atomic mass is 10.0. The minimum atomic E-state index is -0.721. The van der Waals surface area contributed by atoms with Gasteiger partial charge in [0.25, 0.3) is 0 Å².